The number of sulfonamides is 1. The predicted molar refractivity (Wildman–Crippen MR) is 57.7 cm³/mol. The van der Waals surface area contributed by atoms with Gasteiger partial charge in [0.2, 0.25) is 10.0 Å². The predicted octanol–water partition coefficient (Wildman–Crippen LogP) is 0.0670. The van der Waals surface area contributed by atoms with Gasteiger partial charge in [0, 0.05) is 11.7 Å². The Balaban J connectivity index is 3.12. The second kappa shape index (κ2) is 4.77. The molecule has 1 atom stereocenters. The number of nitrogens with two attached hydrogens (primary N) is 1. The number of benzene rings is 1. The summed E-state index contributed by atoms with van der Waals surface area (Å²) < 4.78 is 38.7. The number of aliphatic hydroxyl groups is 1. The minimum Gasteiger partial charge on any atom is -0.399 e. The second-order valence-electron chi connectivity index (χ2n) is 3.39. The minimum absolute atomic E-state index is 0.151. The van der Waals surface area contributed by atoms with Crippen LogP contribution in [0.25, 0.3) is 0 Å². The molecule has 0 saturated heterocycles. The van der Waals surface area contributed by atoms with E-state index in [4.69, 9.17) is 10.8 Å². The maximum Gasteiger partial charge on any atom is 0.243 e. The van der Waals surface area contributed by atoms with Gasteiger partial charge in [-0.3, -0.25) is 0 Å². The highest BCUT2D eigenvalue weighted by Crippen LogP contribution is 2.17. The van der Waals surface area contributed by atoms with Crippen LogP contribution in [0, 0.1) is 5.82 Å². The fraction of sp³-hybridized carbons (Fsp3) is 0.333. The molecule has 0 aromatic heterocycles. The Bertz CT molecular complexity index is 476. The molecule has 0 bridgehead atoms. The SMILES string of the molecule is CC(CO)NS(=O)(=O)c1cc(N)ccc1F. The van der Waals surface area contributed by atoms with Crippen molar-refractivity contribution in [3.8, 4) is 0 Å². The molecule has 1 unspecified atom stereocenters. The zero-order valence-electron chi connectivity index (χ0n) is 8.64. The first-order valence-electron chi connectivity index (χ1n) is 4.55. The van der Waals surface area contributed by atoms with Crippen LogP contribution in [0.15, 0.2) is 23.1 Å². The fourth-order valence-electron chi connectivity index (χ4n) is 1.09. The number of anilines is 1. The summed E-state index contributed by atoms with van der Waals surface area (Å²) >= 11 is 0. The monoisotopic (exact) mass is 248 g/mol. The molecule has 0 heterocycles. The number of halogens is 1. The van der Waals surface area contributed by atoms with Gasteiger partial charge in [0.05, 0.1) is 6.61 Å². The fourth-order valence-corrected chi connectivity index (χ4v) is 2.44. The Morgan fingerprint density at radius 3 is 2.75 bits per heavy atom. The van der Waals surface area contributed by atoms with Crippen LogP contribution >= 0.6 is 0 Å². The van der Waals surface area contributed by atoms with Crippen molar-refractivity contribution in [1.82, 2.24) is 4.72 Å². The lowest BCUT2D eigenvalue weighted by molar-refractivity contribution is 0.265. The van der Waals surface area contributed by atoms with Gasteiger partial charge in [-0.05, 0) is 25.1 Å². The van der Waals surface area contributed by atoms with Gasteiger partial charge in [0.15, 0.2) is 0 Å². The van der Waals surface area contributed by atoms with Crippen LogP contribution in [0.2, 0.25) is 0 Å². The highest BCUT2D eigenvalue weighted by molar-refractivity contribution is 7.89. The number of rotatable bonds is 4. The third-order valence-electron chi connectivity index (χ3n) is 1.87. The Hall–Kier alpha value is -1.18. The molecule has 0 saturated carbocycles. The van der Waals surface area contributed by atoms with E-state index in [0.29, 0.717) is 0 Å². The number of hydrogen-bond acceptors (Lipinski definition) is 4. The summed E-state index contributed by atoms with van der Waals surface area (Å²) in [5, 5.41) is 8.72. The quantitative estimate of drug-likeness (QED) is 0.657. The van der Waals surface area contributed by atoms with E-state index in [1.54, 1.807) is 0 Å². The molecule has 0 aliphatic carbocycles. The lowest BCUT2D eigenvalue weighted by Crippen LogP contribution is -2.35. The van der Waals surface area contributed by atoms with Crippen LogP contribution in [-0.4, -0.2) is 26.2 Å². The van der Waals surface area contributed by atoms with E-state index in [-0.39, 0.29) is 12.3 Å². The van der Waals surface area contributed by atoms with E-state index < -0.39 is 26.8 Å². The van der Waals surface area contributed by atoms with Crippen LogP contribution in [-0.2, 0) is 10.0 Å². The largest absolute Gasteiger partial charge is 0.399 e. The summed E-state index contributed by atoms with van der Waals surface area (Å²) in [6.45, 7) is 1.09. The zero-order valence-corrected chi connectivity index (χ0v) is 9.46. The van der Waals surface area contributed by atoms with Crippen LogP contribution in [0.3, 0.4) is 0 Å². The zero-order chi connectivity index (χ0) is 12.3. The molecule has 0 aliphatic heterocycles. The van der Waals surface area contributed by atoms with Crippen molar-refractivity contribution in [2.75, 3.05) is 12.3 Å². The number of nitrogens with one attached hydrogen (secondary N) is 1. The molecule has 0 aliphatic rings. The molecule has 0 amide bonds. The molecule has 5 nitrogen and oxygen atoms in total. The van der Waals surface area contributed by atoms with E-state index >= 15 is 0 Å². The smallest absolute Gasteiger partial charge is 0.243 e. The minimum atomic E-state index is -3.99. The van der Waals surface area contributed by atoms with Gasteiger partial charge < -0.3 is 10.8 Å². The van der Waals surface area contributed by atoms with Crippen molar-refractivity contribution in [3.05, 3.63) is 24.0 Å². The molecule has 1 aromatic rings. The topological polar surface area (TPSA) is 92.4 Å². The normalized spacial score (nSPS) is 13.7. The molecule has 0 fully saturated rings. The molecule has 16 heavy (non-hydrogen) atoms. The van der Waals surface area contributed by atoms with E-state index in [1.165, 1.54) is 13.0 Å². The highest BCUT2D eigenvalue weighted by Gasteiger charge is 2.21. The molecule has 0 radical (unpaired) electrons. The van der Waals surface area contributed by atoms with Crippen molar-refractivity contribution >= 4 is 15.7 Å². The summed E-state index contributed by atoms with van der Waals surface area (Å²) in [4.78, 5) is -0.521. The van der Waals surface area contributed by atoms with Gasteiger partial charge in [-0.2, -0.15) is 0 Å². The second-order valence-corrected chi connectivity index (χ2v) is 5.08. The Kier molecular flexibility index (Phi) is 3.84. The standard InChI is InChI=1S/C9H13FN2O3S/c1-6(5-13)12-16(14,15)9-4-7(11)2-3-8(9)10/h2-4,6,12-13H,5,11H2,1H3. The first-order chi connectivity index (χ1) is 7.36. The van der Waals surface area contributed by atoms with Crippen molar-refractivity contribution in [3.63, 3.8) is 0 Å². The van der Waals surface area contributed by atoms with E-state index in [9.17, 15) is 12.8 Å². The summed E-state index contributed by atoms with van der Waals surface area (Å²) in [5.74, 6) is -0.883. The van der Waals surface area contributed by atoms with E-state index in [0.717, 1.165) is 12.1 Å². The Labute approximate surface area is 93.1 Å². The number of nitrogen functional groups attached to an aromatic ring is 1. The average Bonchev–Trinajstić information content (AvgIpc) is 2.20. The van der Waals surface area contributed by atoms with Crippen LogP contribution in [0.5, 0.6) is 0 Å². The van der Waals surface area contributed by atoms with E-state index in [1.807, 2.05) is 0 Å². The Morgan fingerprint density at radius 2 is 2.19 bits per heavy atom. The summed E-state index contributed by atoms with van der Waals surface area (Å²) in [5.41, 5.74) is 5.53. The number of aliphatic hydroxyl groups excluding tert-OH is 1. The van der Waals surface area contributed by atoms with Crippen molar-refractivity contribution in [2.45, 2.75) is 17.9 Å². The summed E-state index contributed by atoms with van der Waals surface area (Å²) in [6, 6.07) is 2.59. The summed E-state index contributed by atoms with van der Waals surface area (Å²) in [7, 11) is -3.99. The van der Waals surface area contributed by atoms with Gasteiger partial charge in [-0.25, -0.2) is 17.5 Å². The van der Waals surface area contributed by atoms with Gasteiger partial charge in [-0.1, -0.05) is 0 Å². The molecular weight excluding hydrogens is 235 g/mol. The van der Waals surface area contributed by atoms with Gasteiger partial charge in [-0.15, -0.1) is 0 Å². The molecule has 0 spiro atoms. The van der Waals surface area contributed by atoms with Crippen LogP contribution < -0.4 is 10.5 Å². The molecule has 7 heteroatoms. The molecular formula is C9H13FN2O3S. The first-order valence-corrected chi connectivity index (χ1v) is 6.03. The van der Waals surface area contributed by atoms with Crippen molar-refractivity contribution < 1.29 is 17.9 Å². The maximum absolute atomic E-state index is 13.3. The lowest BCUT2D eigenvalue weighted by atomic mass is 10.3. The third-order valence-corrected chi connectivity index (χ3v) is 3.48. The highest BCUT2D eigenvalue weighted by atomic mass is 32.2. The molecule has 1 rings (SSSR count). The van der Waals surface area contributed by atoms with Crippen molar-refractivity contribution in [1.29, 1.82) is 0 Å². The molecule has 90 valence electrons. The van der Waals surface area contributed by atoms with Gasteiger partial charge >= 0.3 is 0 Å². The first kappa shape index (κ1) is 12.9. The molecule has 4 N–H and O–H groups in total. The summed E-state index contributed by atoms with van der Waals surface area (Å²) in [6.07, 6.45) is 0. The van der Waals surface area contributed by atoms with Crippen molar-refractivity contribution in [2.24, 2.45) is 0 Å². The van der Waals surface area contributed by atoms with Gasteiger partial charge in [0.25, 0.3) is 0 Å². The van der Waals surface area contributed by atoms with E-state index in [2.05, 4.69) is 4.72 Å². The van der Waals surface area contributed by atoms with Crippen LogP contribution in [0.4, 0.5) is 10.1 Å². The average molecular weight is 248 g/mol. The third kappa shape index (κ3) is 2.91. The molecule has 1 aromatic carbocycles. The maximum atomic E-state index is 13.3. The van der Waals surface area contributed by atoms with Crippen LogP contribution in [0.1, 0.15) is 6.92 Å². The Morgan fingerprint density at radius 1 is 1.56 bits per heavy atom. The number of hydrogen-bond donors (Lipinski definition) is 3. The lowest BCUT2D eigenvalue weighted by Gasteiger charge is -2.12. The van der Waals surface area contributed by atoms with Gasteiger partial charge in [0.1, 0.15) is 10.7 Å².